The topological polar surface area (TPSA) is 219 Å². The lowest BCUT2D eigenvalue weighted by Gasteiger charge is -2.16. The first-order valence-electron chi connectivity index (χ1n) is 9.74. The summed E-state index contributed by atoms with van der Waals surface area (Å²) in [7, 11) is 0. The predicted octanol–water partition coefficient (Wildman–Crippen LogP) is 0.194. The van der Waals surface area contributed by atoms with Crippen molar-refractivity contribution in [2.75, 3.05) is 13.1 Å². The van der Waals surface area contributed by atoms with Crippen molar-refractivity contribution in [1.29, 1.82) is 0 Å². The van der Waals surface area contributed by atoms with Gasteiger partial charge in [-0.3, -0.25) is 9.59 Å². The van der Waals surface area contributed by atoms with Crippen LogP contribution in [0.4, 0.5) is 0 Å². The molecule has 0 amide bonds. The van der Waals surface area contributed by atoms with Gasteiger partial charge in [0, 0.05) is 39.0 Å². The molecule has 10 heteroatoms. The molecule has 0 bridgehead atoms. The average Bonchev–Trinajstić information content (AvgIpc) is 2.77. The van der Waals surface area contributed by atoms with E-state index in [0.717, 1.165) is 25.0 Å². The molecule has 0 saturated carbocycles. The van der Waals surface area contributed by atoms with Crippen LogP contribution in [-0.4, -0.2) is 57.5 Å². The molecule has 0 radical (unpaired) electrons. The van der Waals surface area contributed by atoms with E-state index in [9.17, 15) is 10.2 Å². The van der Waals surface area contributed by atoms with Crippen molar-refractivity contribution in [1.82, 2.24) is 0 Å². The molecular weight excluding hydrogens is 416 g/mol. The summed E-state index contributed by atoms with van der Waals surface area (Å²) >= 11 is 0. The summed E-state index contributed by atoms with van der Waals surface area (Å²) in [6.07, 6.45) is -1.31. The van der Waals surface area contributed by atoms with E-state index in [0.29, 0.717) is 0 Å². The third-order valence-electron chi connectivity index (χ3n) is 3.64. The molecule has 0 spiro atoms. The number of hydrogen-bond acceptors (Lipinski definition) is 8. The zero-order chi connectivity index (χ0) is 25.1. The molecule has 32 heavy (non-hydrogen) atoms. The molecule has 2 rings (SSSR count). The van der Waals surface area contributed by atoms with Crippen LogP contribution in [0.3, 0.4) is 0 Å². The van der Waals surface area contributed by atoms with Gasteiger partial charge in [0.05, 0.1) is 12.2 Å². The van der Waals surface area contributed by atoms with E-state index in [1.54, 1.807) is 0 Å². The molecule has 4 atom stereocenters. The smallest absolute Gasteiger partial charge is 0.300 e. The molecule has 2 aromatic rings. The van der Waals surface area contributed by atoms with Crippen LogP contribution >= 0.6 is 0 Å². The molecule has 0 aliphatic rings. The van der Waals surface area contributed by atoms with Crippen LogP contribution in [0, 0.1) is 0 Å². The molecular formula is C22H36N4O6. The molecule has 0 fully saturated rings. The third kappa shape index (κ3) is 16.9. The summed E-state index contributed by atoms with van der Waals surface area (Å²) in [5.41, 5.74) is 23.4. The molecule has 0 heterocycles. The van der Waals surface area contributed by atoms with Gasteiger partial charge < -0.3 is 43.4 Å². The number of benzene rings is 2. The second-order valence-corrected chi connectivity index (χ2v) is 6.55. The summed E-state index contributed by atoms with van der Waals surface area (Å²) < 4.78 is 0. The SMILES string of the molecule is CC(=O)O.CC(=O)O.NCC(N)C(O)c1ccccc1.NCC(N)C(O)c1ccccc1. The summed E-state index contributed by atoms with van der Waals surface area (Å²) in [5, 5.41) is 34.0. The molecule has 0 aliphatic heterocycles. The van der Waals surface area contributed by atoms with Gasteiger partial charge in [-0.05, 0) is 11.1 Å². The number of aliphatic carboxylic acids is 2. The van der Waals surface area contributed by atoms with Crippen LogP contribution in [0.15, 0.2) is 60.7 Å². The van der Waals surface area contributed by atoms with Gasteiger partial charge in [0.15, 0.2) is 0 Å². The Hall–Kier alpha value is -2.86. The van der Waals surface area contributed by atoms with Crippen molar-refractivity contribution in [3.8, 4) is 0 Å². The minimum atomic E-state index is -0.833. The summed E-state index contributed by atoms with van der Waals surface area (Å²) in [4.78, 5) is 18.0. The summed E-state index contributed by atoms with van der Waals surface area (Å²) in [6.45, 7) is 2.74. The number of carboxylic acid groups (broad SMARTS) is 2. The molecule has 2 aromatic carbocycles. The average molecular weight is 453 g/mol. The highest BCUT2D eigenvalue weighted by molar-refractivity contribution is 5.63. The maximum absolute atomic E-state index is 9.58. The Labute approximate surface area is 188 Å². The van der Waals surface area contributed by atoms with Gasteiger partial charge in [-0.25, -0.2) is 0 Å². The molecule has 180 valence electrons. The van der Waals surface area contributed by atoms with E-state index in [1.165, 1.54) is 0 Å². The lowest BCUT2D eigenvalue weighted by atomic mass is 10.0. The Balaban J connectivity index is 0. The van der Waals surface area contributed by atoms with Gasteiger partial charge in [0.2, 0.25) is 0 Å². The largest absolute Gasteiger partial charge is 0.481 e. The molecule has 10 nitrogen and oxygen atoms in total. The van der Waals surface area contributed by atoms with Crippen LogP contribution < -0.4 is 22.9 Å². The first-order valence-corrected chi connectivity index (χ1v) is 9.74. The second-order valence-electron chi connectivity index (χ2n) is 6.55. The lowest BCUT2D eigenvalue weighted by molar-refractivity contribution is -0.135. The van der Waals surface area contributed by atoms with Gasteiger partial charge in [-0.15, -0.1) is 0 Å². The Bertz CT molecular complexity index is 662. The van der Waals surface area contributed by atoms with Gasteiger partial charge in [-0.1, -0.05) is 60.7 Å². The normalized spacial score (nSPS) is 13.2. The van der Waals surface area contributed by atoms with Gasteiger partial charge in [-0.2, -0.15) is 0 Å². The van der Waals surface area contributed by atoms with E-state index in [2.05, 4.69) is 0 Å². The van der Waals surface area contributed by atoms with Crippen molar-refractivity contribution in [3.05, 3.63) is 71.8 Å². The number of hydrogen-bond donors (Lipinski definition) is 8. The van der Waals surface area contributed by atoms with Gasteiger partial charge in [0.25, 0.3) is 11.9 Å². The number of carboxylic acids is 2. The predicted molar refractivity (Wildman–Crippen MR) is 123 cm³/mol. The molecule has 0 saturated heterocycles. The van der Waals surface area contributed by atoms with Crippen molar-refractivity contribution in [2.45, 2.75) is 38.1 Å². The number of rotatable bonds is 6. The van der Waals surface area contributed by atoms with Crippen molar-refractivity contribution in [2.24, 2.45) is 22.9 Å². The first-order chi connectivity index (χ1) is 15.0. The van der Waals surface area contributed by atoms with Crippen LogP contribution in [0.1, 0.15) is 37.2 Å². The number of aliphatic hydroxyl groups excluding tert-OH is 2. The van der Waals surface area contributed by atoms with Crippen LogP contribution in [0.5, 0.6) is 0 Å². The van der Waals surface area contributed by atoms with Gasteiger partial charge in [0.1, 0.15) is 0 Å². The zero-order valence-corrected chi connectivity index (χ0v) is 18.4. The van der Waals surface area contributed by atoms with E-state index in [4.69, 9.17) is 42.7 Å². The van der Waals surface area contributed by atoms with Crippen LogP contribution in [0.25, 0.3) is 0 Å². The van der Waals surface area contributed by atoms with Gasteiger partial charge >= 0.3 is 0 Å². The lowest BCUT2D eigenvalue weighted by Crippen LogP contribution is -2.35. The summed E-state index contributed by atoms with van der Waals surface area (Å²) in [6, 6.07) is 17.8. The standard InChI is InChI=1S/2C9H14N2O.2C2H4O2/c2*10-6-8(11)9(12)7-4-2-1-3-5-7;2*1-2(3)4/h2*1-5,8-9,12H,6,10-11H2;2*1H3,(H,3,4). The summed E-state index contributed by atoms with van der Waals surface area (Å²) in [5.74, 6) is -1.67. The third-order valence-corrected chi connectivity index (χ3v) is 3.64. The van der Waals surface area contributed by atoms with Crippen LogP contribution in [0.2, 0.25) is 0 Å². The van der Waals surface area contributed by atoms with E-state index >= 15 is 0 Å². The Morgan fingerprint density at radius 1 is 0.688 bits per heavy atom. The van der Waals surface area contributed by atoms with Crippen molar-refractivity contribution >= 4 is 11.9 Å². The number of carbonyl (C=O) groups is 2. The van der Waals surface area contributed by atoms with Crippen LogP contribution in [-0.2, 0) is 9.59 Å². The highest BCUT2D eigenvalue weighted by Crippen LogP contribution is 2.14. The molecule has 0 aliphatic carbocycles. The minimum absolute atomic E-state index is 0.288. The minimum Gasteiger partial charge on any atom is -0.481 e. The Morgan fingerprint density at radius 3 is 1.09 bits per heavy atom. The van der Waals surface area contributed by atoms with E-state index in [1.807, 2.05) is 60.7 Å². The van der Waals surface area contributed by atoms with E-state index in [-0.39, 0.29) is 25.2 Å². The molecule has 4 unspecified atom stereocenters. The number of aliphatic hydroxyl groups is 2. The highest BCUT2D eigenvalue weighted by Gasteiger charge is 2.14. The maximum Gasteiger partial charge on any atom is 0.300 e. The fourth-order valence-corrected chi connectivity index (χ4v) is 2.05. The second kappa shape index (κ2) is 18.9. The van der Waals surface area contributed by atoms with Crippen molar-refractivity contribution in [3.63, 3.8) is 0 Å². The fraction of sp³-hybridized carbons (Fsp3) is 0.364. The fourth-order valence-electron chi connectivity index (χ4n) is 2.05. The molecule has 12 N–H and O–H groups in total. The Kier molecular flexibility index (Phi) is 18.5. The number of nitrogens with two attached hydrogens (primary N) is 4. The Morgan fingerprint density at radius 2 is 0.906 bits per heavy atom. The monoisotopic (exact) mass is 452 g/mol. The van der Waals surface area contributed by atoms with E-state index < -0.39 is 24.1 Å². The quantitative estimate of drug-likeness (QED) is 0.297. The zero-order valence-electron chi connectivity index (χ0n) is 18.4. The first kappa shape index (κ1) is 31.3. The van der Waals surface area contributed by atoms with Crippen molar-refractivity contribution < 1.29 is 30.0 Å². The highest BCUT2D eigenvalue weighted by atomic mass is 16.4. The molecule has 0 aromatic heterocycles. The maximum atomic E-state index is 9.58.